The fourth-order valence-corrected chi connectivity index (χ4v) is 7.77. The Kier molecular flexibility index (Phi) is 18.4. The van der Waals surface area contributed by atoms with Crippen molar-refractivity contribution in [2.24, 2.45) is 5.73 Å². The SMILES string of the molecule is CC(C)(C)OC(=O)NCCc1ccc(NC(=O)C(CCCNC(N)=O)NC(=O)[C@@H](Cc2ccccc2)NC(=O)C[C@@H]2O[C@H](CNC(=O)CCCCN3C(=O)C=CC3=O)C3OC(C)(C)OC32)cc1. The maximum atomic E-state index is 14.2. The molecule has 6 atom stereocenters. The van der Waals surface area contributed by atoms with E-state index < -0.39 is 77.7 Å². The number of benzene rings is 2. The Morgan fingerprint density at radius 2 is 1.43 bits per heavy atom. The van der Waals surface area contributed by atoms with Crippen LogP contribution in [0.2, 0.25) is 0 Å². The lowest BCUT2D eigenvalue weighted by Crippen LogP contribution is -2.54. The number of alkyl carbamates (subject to hydrolysis) is 1. The first-order valence-electron chi connectivity index (χ1n) is 22.6. The molecule has 2 fully saturated rings. The van der Waals surface area contributed by atoms with Gasteiger partial charge in [-0.3, -0.25) is 33.7 Å². The van der Waals surface area contributed by atoms with E-state index in [0.29, 0.717) is 31.5 Å². The molecule has 2 aromatic rings. The van der Waals surface area contributed by atoms with Crippen LogP contribution in [0.5, 0.6) is 0 Å². The molecule has 3 unspecified atom stereocenters. The number of hydrogen-bond acceptors (Lipinski definition) is 12. The van der Waals surface area contributed by atoms with E-state index in [0.717, 1.165) is 16.0 Å². The Morgan fingerprint density at radius 3 is 2.09 bits per heavy atom. The van der Waals surface area contributed by atoms with E-state index in [-0.39, 0.29) is 69.5 Å². The zero-order chi connectivity index (χ0) is 48.7. The van der Waals surface area contributed by atoms with Crippen molar-refractivity contribution in [2.75, 3.05) is 31.5 Å². The number of ether oxygens (including phenoxy) is 4. The highest BCUT2D eigenvalue weighted by molar-refractivity contribution is 6.12. The standard InChI is InChI=1S/C47H64N8O12/c1-46(2,3)67-45(63)50-24-22-29-16-18-31(19-17-29)52-42(60)32(14-11-23-49-44(48)62)54-43(61)33(26-30-12-7-6-8-13-30)53-37(57)27-34-40-41(66-47(4,5)65-40)35(64-34)28-51-36(56)15-9-10-25-55-38(58)20-21-39(55)59/h6-8,12-13,16-21,32-35,40-41H,9-11,14-15,22-28H2,1-5H3,(H,50,63)(H,51,56)(H,52,60)(H,53,57)(H,54,61)(H3,48,49,62)/t32?,33-,34+,35-,40?,41?/m1/s1. The summed E-state index contributed by atoms with van der Waals surface area (Å²) in [5, 5.41) is 16.6. The smallest absolute Gasteiger partial charge is 0.407 e. The van der Waals surface area contributed by atoms with Crippen LogP contribution in [0.3, 0.4) is 0 Å². The van der Waals surface area contributed by atoms with Crippen LogP contribution in [0.1, 0.15) is 84.3 Å². The number of unbranched alkanes of at least 4 members (excludes halogenated alkanes) is 1. The quantitative estimate of drug-likeness (QED) is 0.0625. The lowest BCUT2D eigenvalue weighted by atomic mass is 10.0. The summed E-state index contributed by atoms with van der Waals surface area (Å²) in [6.07, 6.45) is 0.986. The molecule has 20 heteroatoms. The number of nitrogens with one attached hydrogen (secondary N) is 6. The second-order valence-electron chi connectivity index (χ2n) is 18.1. The van der Waals surface area contributed by atoms with Gasteiger partial charge in [0.1, 0.15) is 36.0 Å². The van der Waals surface area contributed by atoms with E-state index in [1.54, 1.807) is 71.0 Å². The zero-order valence-electron chi connectivity index (χ0n) is 38.7. The molecule has 67 heavy (non-hydrogen) atoms. The lowest BCUT2D eigenvalue weighted by Gasteiger charge is -2.26. The molecule has 9 amide bonds. The number of carbonyl (C=O) groups is 8. The van der Waals surface area contributed by atoms with Crippen LogP contribution in [0.25, 0.3) is 0 Å². The van der Waals surface area contributed by atoms with Crippen LogP contribution in [0, 0.1) is 0 Å². The minimum atomic E-state index is -1.13. The summed E-state index contributed by atoms with van der Waals surface area (Å²) in [6, 6.07) is 13.1. The largest absolute Gasteiger partial charge is 0.444 e. The van der Waals surface area contributed by atoms with Gasteiger partial charge >= 0.3 is 12.1 Å². The number of urea groups is 1. The number of rotatable bonds is 23. The Hall–Kier alpha value is -6.38. The normalized spacial score (nSPS) is 20.3. The van der Waals surface area contributed by atoms with E-state index in [4.69, 9.17) is 24.7 Å². The van der Waals surface area contributed by atoms with Crippen LogP contribution in [-0.4, -0.2) is 127 Å². The van der Waals surface area contributed by atoms with Crippen molar-refractivity contribution in [3.63, 3.8) is 0 Å². The molecule has 0 radical (unpaired) electrons. The third kappa shape index (κ3) is 16.8. The molecule has 0 aliphatic carbocycles. The zero-order valence-corrected chi connectivity index (χ0v) is 38.7. The number of imide groups is 1. The average Bonchev–Trinajstić information content (AvgIpc) is 3.87. The van der Waals surface area contributed by atoms with Gasteiger partial charge in [0, 0.05) is 56.9 Å². The number of nitrogens with zero attached hydrogens (tertiary/aromatic N) is 1. The first kappa shape index (κ1) is 51.6. The van der Waals surface area contributed by atoms with Gasteiger partial charge in [0.05, 0.1) is 12.5 Å². The first-order valence-corrected chi connectivity index (χ1v) is 22.6. The molecule has 8 N–H and O–H groups in total. The molecule has 0 aromatic heterocycles. The van der Waals surface area contributed by atoms with Crippen molar-refractivity contribution in [3.8, 4) is 0 Å². The molecule has 20 nitrogen and oxygen atoms in total. The number of nitrogens with two attached hydrogens (primary N) is 1. The van der Waals surface area contributed by atoms with Crippen LogP contribution in [-0.2, 0) is 60.6 Å². The minimum Gasteiger partial charge on any atom is -0.444 e. The fourth-order valence-electron chi connectivity index (χ4n) is 7.77. The molecular formula is C47H64N8O12. The van der Waals surface area contributed by atoms with Gasteiger partial charge in [-0.2, -0.15) is 0 Å². The van der Waals surface area contributed by atoms with Gasteiger partial charge < -0.3 is 56.6 Å². The summed E-state index contributed by atoms with van der Waals surface area (Å²) >= 11 is 0. The number of carbonyl (C=O) groups excluding carboxylic acids is 8. The van der Waals surface area contributed by atoms with Crippen molar-refractivity contribution in [1.82, 2.24) is 31.5 Å². The van der Waals surface area contributed by atoms with E-state index in [2.05, 4.69) is 31.9 Å². The van der Waals surface area contributed by atoms with Gasteiger partial charge in [-0.05, 0) is 90.0 Å². The summed E-state index contributed by atoms with van der Waals surface area (Å²) < 4.78 is 23.9. The van der Waals surface area contributed by atoms with Crippen LogP contribution >= 0.6 is 0 Å². The maximum Gasteiger partial charge on any atom is 0.407 e. The van der Waals surface area contributed by atoms with Gasteiger partial charge in [-0.15, -0.1) is 0 Å². The van der Waals surface area contributed by atoms with Crippen molar-refractivity contribution >= 4 is 53.3 Å². The molecule has 0 bridgehead atoms. The Labute approximate surface area is 390 Å². The predicted octanol–water partition coefficient (Wildman–Crippen LogP) is 2.24. The third-order valence-electron chi connectivity index (χ3n) is 10.9. The summed E-state index contributed by atoms with van der Waals surface area (Å²) in [6.45, 7) is 9.58. The minimum absolute atomic E-state index is 0.0690. The van der Waals surface area contributed by atoms with Crippen molar-refractivity contribution in [3.05, 3.63) is 77.9 Å². The molecule has 3 aliphatic heterocycles. The van der Waals surface area contributed by atoms with Crippen molar-refractivity contribution in [1.29, 1.82) is 0 Å². The Balaban J connectivity index is 1.19. The fraction of sp³-hybridized carbons (Fsp3) is 0.532. The molecule has 3 heterocycles. The lowest BCUT2D eigenvalue weighted by molar-refractivity contribution is -0.187. The van der Waals surface area contributed by atoms with E-state index >= 15 is 0 Å². The summed E-state index contributed by atoms with van der Waals surface area (Å²) in [5.74, 6) is -3.70. The van der Waals surface area contributed by atoms with Crippen molar-refractivity contribution in [2.45, 2.75) is 134 Å². The molecule has 0 saturated carbocycles. The van der Waals surface area contributed by atoms with Gasteiger partial charge in [0.2, 0.25) is 23.6 Å². The van der Waals surface area contributed by atoms with Gasteiger partial charge in [0.25, 0.3) is 11.8 Å². The molecule has 364 valence electrons. The van der Waals surface area contributed by atoms with Gasteiger partial charge in [0.15, 0.2) is 5.79 Å². The van der Waals surface area contributed by atoms with E-state index in [1.807, 2.05) is 18.2 Å². The first-order chi connectivity index (χ1) is 31.7. The van der Waals surface area contributed by atoms with E-state index in [1.165, 1.54) is 12.2 Å². The Bertz CT molecular complexity index is 2090. The maximum absolute atomic E-state index is 14.2. The van der Waals surface area contributed by atoms with Crippen LogP contribution in [0.15, 0.2) is 66.7 Å². The Morgan fingerprint density at radius 1 is 0.761 bits per heavy atom. The second kappa shape index (κ2) is 23.9. The topological polar surface area (TPSA) is 275 Å². The summed E-state index contributed by atoms with van der Waals surface area (Å²) in [5.41, 5.74) is 6.71. The molecular weight excluding hydrogens is 869 g/mol. The molecule has 5 rings (SSSR count). The molecule has 0 spiro atoms. The predicted molar refractivity (Wildman–Crippen MR) is 244 cm³/mol. The monoisotopic (exact) mass is 932 g/mol. The third-order valence-corrected chi connectivity index (χ3v) is 10.9. The number of amides is 9. The van der Waals surface area contributed by atoms with Crippen molar-refractivity contribution < 1.29 is 57.3 Å². The second-order valence-corrected chi connectivity index (χ2v) is 18.1. The molecule has 3 aliphatic rings. The highest BCUT2D eigenvalue weighted by atomic mass is 16.8. The average molecular weight is 933 g/mol. The van der Waals surface area contributed by atoms with Crippen LogP contribution < -0.4 is 37.6 Å². The highest BCUT2D eigenvalue weighted by Crippen LogP contribution is 2.39. The molecule has 2 saturated heterocycles. The number of hydrogen-bond donors (Lipinski definition) is 7. The summed E-state index contributed by atoms with van der Waals surface area (Å²) in [7, 11) is 0. The summed E-state index contributed by atoms with van der Waals surface area (Å²) in [4.78, 5) is 103. The van der Waals surface area contributed by atoms with E-state index in [9.17, 15) is 38.4 Å². The van der Waals surface area contributed by atoms with Crippen LogP contribution in [0.4, 0.5) is 15.3 Å². The van der Waals surface area contributed by atoms with Gasteiger partial charge in [-0.25, -0.2) is 9.59 Å². The number of fused-ring (bicyclic) bond motifs is 1. The number of anilines is 1. The van der Waals surface area contributed by atoms with Gasteiger partial charge in [-0.1, -0.05) is 42.5 Å². The molecule has 2 aromatic carbocycles. The highest BCUT2D eigenvalue weighted by Gasteiger charge is 2.55. The number of primary amides is 1.